The predicted octanol–water partition coefficient (Wildman–Crippen LogP) is 1.06. The van der Waals surface area contributed by atoms with Gasteiger partial charge in [-0.2, -0.15) is 26.3 Å². The fourth-order valence-electron chi connectivity index (χ4n) is 0.466. The monoisotopic (exact) mass is 304 g/mol. The van der Waals surface area contributed by atoms with Gasteiger partial charge in [0.2, 0.25) is 0 Å². The number of hydrogen-bond donors (Lipinski definition) is 2. The van der Waals surface area contributed by atoms with E-state index in [2.05, 4.69) is 0 Å². The van der Waals surface area contributed by atoms with E-state index in [9.17, 15) is 35.9 Å². The molecule has 16 heavy (non-hydrogen) atoms. The Balaban J connectivity index is 0. The van der Waals surface area contributed by atoms with Crippen molar-refractivity contribution in [2.45, 2.75) is 17.8 Å². The van der Waals surface area contributed by atoms with Gasteiger partial charge >= 0.3 is 29.7 Å². The molecule has 4 nitrogen and oxygen atoms in total. The van der Waals surface area contributed by atoms with Gasteiger partial charge < -0.3 is 10.2 Å². The Bertz CT molecular complexity index is 275. The van der Waals surface area contributed by atoms with Crippen LogP contribution in [0.4, 0.5) is 26.3 Å². The van der Waals surface area contributed by atoms with Gasteiger partial charge in [-0.25, -0.2) is 9.59 Å². The Labute approximate surface area is 96.0 Å². The van der Waals surface area contributed by atoms with Gasteiger partial charge in [-0.15, -0.1) is 0 Å². The first kappa shape index (κ1) is 17.5. The first-order chi connectivity index (χ1) is 6.39. The van der Waals surface area contributed by atoms with Crippen molar-refractivity contribution in [3.05, 3.63) is 0 Å². The van der Waals surface area contributed by atoms with Crippen molar-refractivity contribution < 1.29 is 65.6 Å². The van der Waals surface area contributed by atoms with Crippen LogP contribution in [0.5, 0.6) is 0 Å². The Kier molecular flexibility index (Phi) is 5.00. The molecule has 0 saturated carbocycles. The average Bonchev–Trinajstić information content (AvgIpc) is 2.02. The van der Waals surface area contributed by atoms with Crippen molar-refractivity contribution in [3.8, 4) is 0 Å². The van der Waals surface area contributed by atoms with Gasteiger partial charge in [0.15, 0.2) is 0 Å². The minimum Gasteiger partial charge on any atom is -0.477 e. The minimum absolute atomic E-state index is 0. The van der Waals surface area contributed by atoms with E-state index in [1.807, 2.05) is 0 Å². The Morgan fingerprint density at radius 2 is 0.938 bits per heavy atom. The summed E-state index contributed by atoms with van der Waals surface area (Å²) < 4.78 is 72.8. The third-order valence-electron chi connectivity index (χ3n) is 1.33. The normalized spacial score (nSPS) is 12.9. The van der Waals surface area contributed by atoms with Gasteiger partial charge in [0.25, 0.3) is 0 Å². The maximum absolute atomic E-state index is 12.2. The summed E-state index contributed by atoms with van der Waals surface area (Å²) in [6, 6.07) is 0. The Morgan fingerprint density at radius 3 is 1.06 bits per heavy atom. The van der Waals surface area contributed by atoms with Crippen LogP contribution < -0.4 is 0 Å². The molecular weight excluding hydrogens is 303 g/mol. The van der Waals surface area contributed by atoms with Crippen LogP contribution >= 0.6 is 0 Å². The number of carboxylic acids is 2. The van der Waals surface area contributed by atoms with Crippen molar-refractivity contribution in [1.29, 1.82) is 0 Å². The van der Waals surface area contributed by atoms with Crippen molar-refractivity contribution in [3.63, 3.8) is 0 Å². The molecule has 0 aromatic heterocycles. The molecule has 0 heterocycles. The molecule has 0 saturated heterocycles. The van der Waals surface area contributed by atoms with E-state index < -0.39 is 29.7 Å². The zero-order chi connectivity index (χ0) is 12.7. The topological polar surface area (TPSA) is 74.6 Å². The summed E-state index contributed by atoms with van der Waals surface area (Å²) in [5.74, 6) is -26.0. The molecule has 11 heteroatoms. The van der Waals surface area contributed by atoms with E-state index in [0.717, 1.165) is 0 Å². The SMILES string of the molecule is O=C(O)C(F)(F)C(F)(F)C(F)(F)C(=O)O.[Zn]. The van der Waals surface area contributed by atoms with E-state index in [1.54, 1.807) is 0 Å². The van der Waals surface area contributed by atoms with Crippen LogP contribution in [0.3, 0.4) is 0 Å². The quantitative estimate of drug-likeness (QED) is 0.601. The molecule has 0 unspecified atom stereocenters. The maximum Gasteiger partial charge on any atom is 0.411 e. The summed E-state index contributed by atoms with van der Waals surface area (Å²) in [6.45, 7) is 0. The number of alkyl halides is 6. The molecule has 0 aromatic rings. The molecule has 0 spiro atoms. The minimum atomic E-state index is -6.53. The molecule has 0 rings (SSSR count). The van der Waals surface area contributed by atoms with Gasteiger partial charge in [-0.3, -0.25) is 0 Å². The number of carbonyl (C=O) groups is 2. The third-order valence-corrected chi connectivity index (χ3v) is 1.33. The molecule has 0 aromatic carbocycles. The molecule has 0 amide bonds. The summed E-state index contributed by atoms with van der Waals surface area (Å²) in [5, 5.41) is 15.1. The smallest absolute Gasteiger partial charge is 0.411 e. The fraction of sp³-hybridized carbons (Fsp3) is 0.600. The molecule has 0 fully saturated rings. The number of carboxylic acid groups (broad SMARTS) is 2. The molecule has 0 radical (unpaired) electrons. The Morgan fingerprint density at radius 1 is 0.750 bits per heavy atom. The zero-order valence-corrected chi connectivity index (χ0v) is 10.2. The summed E-state index contributed by atoms with van der Waals surface area (Å²) in [4.78, 5) is 19.2. The summed E-state index contributed by atoms with van der Waals surface area (Å²) in [7, 11) is 0. The van der Waals surface area contributed by atoms with E-state index in [-0.39, 0.29) is 19.5 Å². The van der Waals surface area contributed by atoms with Gasteiger partial charge in [0.05, 0.1) is 0 Å². The first-order valence-corrected chi connectivity index (χ1v) is 2.99. The number of halogens is 6. The zero-order valence-electron chi connectivity index (χ0n) is 7.19. The molecule has 0 aliphatic rings. The Hall–Kier alpha value is -0.857. The number of rotatable bonds is 4. The molecule has 90 valence electrons. The second-order valence-electron chi connectivity index (χ2n) is 2.33. The molecule has 0 atom stereocenters. The van der Waals surface area contributed by atoms with Crippen molar-refractivity contribution in [1.82, 2.24) is 0 Å². The van der Waals surface area contributed by atoms with Crippen LogP contribution in [0, 0.1) is 0 Å². The van der Waals surface area contributed by atoms with Gasteiger partial charge in [0, 0.05) is 19.5 Å². The van der Waals surface area contributed by atoms with Crippen LogP contribution in [0.25, 0.3) is 0 Å². The second-order valence-corrected chi connectivity index (χ2v) is 2.33. The summed E-state index contributed by atoms with van der Waals surface area (Å²) >= 11 is 0. The molecule has 2 N–H and O–H groups in total. The second kappa shape index (κ2) is 4.56. The summed E-state index contributed by atoms with van der Waals surface area (Å²) in [6.07, 6.45) is 0. The van der Waals surface area contributed by atoms with Gasteiger partial charge in [0.1, 0.15) is 0 Å². The third kappa shape index (κ3) is 2.28. The van der Waals surface area contributed by atoms with E-state index in [1.165, 1.54) is 0 Å². The van der Waals surface area contributed by atoms with Gasteiger partial charge in [-0.1, -0.05) is 0 Å². The first-order valence-electron chi connectivity index (χ1n) is 2.99. The molecule has 0 aliphatic heterocycles. The standard InChI is InChI=1S/C5H2F6O4.Zn/c6-3(7,1(12)13)5(10,11)4(8,9)2(14)15;/h(H,12,13)(H,14,15);. The van der Waals surface area contributed by atoms with Gasteiger partial charge in [-0.05, 0) is 0 Å². The molecular formula is C5H2F6O4Zn. The van der Waals surface area contributed by atoms with Crippen LogP contribution in [-0.4, -0.2) is 39.9 Å². The number of aliphatic carboxylic acids is 2. The van der Waals surface area contributed by atoms with Crippen LogP contribution in [-0.2, 0) is 29.1 Å². The molecule has 0 aliphatic carbocycles. The largest absolute Gasteiger partial charge is 0.477 e. The maximum atomic E-state index is 12.2. The summed E-state index contributed by atoms with van der Waals surface area (Å²) in [5.41, 5.74) is 0. The average molecular weight is 305 g/mol. The van der Waals surface area contributed by atoms with Crippen molar-refractivity contribution in [2.75, 3.05) is 0 Å². The van der Waals surface area contributed by atoms with Crippen molar-refractivity contribution in [2.24, 2.45) is 0 Å². The molecule has 0 bridgehead atoms. The van der Waals surface area contributed by atoms with Crippen LogP contribution in [0.1, 0.15) is 0 Å². The van der Waals surface area contributed by atoms with Crippen LogP contribution in [0.2, 0.25) is 0 Å². The van der Waals surface area contributed by atoms with E-state index in [4.69, 9.17) is 10.2 Å². The fourth-order valence-corrected chi connectivity index (χ4v) is 0.466. The van der Waals surface area contributed by atoms with E-state index >= 15 is 0 Å². The van der Waals surface area contributed by atoms with Crippen molar-refractivity contribution >= 4 is 11.9 Å². The predicted molar refractivity (Wildman–Crippen MR) is 30.1 cm³/mol. The van der Waals surface area contributed by atoms with Crippen LogP contribution in [0.15, 0.2) is 0 Å². The number of hydrogen-bond acceptors (Lipinski definition) is 2. The van der Waals surface area contributed by atoms with E-state index in [0.29, 0.717) is 0 Å².